The minimum atomic E-state index is -0.546. The van der Waals surface area contributed by atoms with Crippen molar-refractivity contribution >= 4 is 46.4 Å². The smallest absolute Gasteiger partial charge is 0.284 e. The second kappa shape index (κ2) is 5.34. The van der Waals surface area contributed by atoms with Gasteiger partial charge in [-0.3, -0.25) is 14.8 Å². The number of fused-ring (bicyclic) bond motifs is 1. The van der Waals surface area contributed by atoms with Gasteiger partial charge >= 0.3 is 0 Å². The Morgan fingerprint density at radius 1 is 1.33 bits per heavy atom. The van der Waals surface area contributed by atoms with Crippen LogP contribution in [-0.4, -0.2) is 26.9 Å². The van der Waals surface area contributed by atoms with Crippen LogP contribution in [0.5, 0.6) is 0 Å². The molecule has 0 fully saturated rings. The molecule has 21 heavy (non-hydrogen) atoms. The van der Waals surface area contributed by atoms with Crippen LogP contribution in [0.1, 0.15) is 30.6 Å². The summed E-state index contributed by atoms with van der Waals surface area (Å²) in [7, 11) is 0. The van der Waals surface area contributed by atoms with E-state index in [1.807, 2.05) is 0 Å². The van der Waals surface area contributed by atoms with Gasteiger partial charge in [-0.25, -0.2) is 5.48 Å². The van der Waals surface area contributed by atoms with Crippen molar-refractivity contribution in [3.05, 3.63) is 43.3 Å². The first-order chi connectivity index (χ1) is 9.99. The maximum absolute atomic E-state index is 12.3. The Morgan fingerprint density at radius 3 is 2.67 bits per heavy atom. The summed E-state index contributed by atoms with van der Waals surface area (Å²) in [5.41, 5.74) is 2.82. The molecule has 3 N–H and O–H groups in total. The topological polar surface area (TPSA) is 85.4 Å². The molecule has 0 saturated carbocycles. The predicted octanol–water partition coefficient (Wildman–Crippen LogP) is 2.66. The zero-order chi connectivity index (χ0) is 15.1. The number of hydrogen-bond donors (Lipinski definition) is 3. The molecule has 0 atom stereocenters. The number of carbonyl (C=O) groups is 2. The molecule has 0 radical (unpaired) electrons. The number of hydroxylamine groups is 1. The third kappa shape index (κ3) is 2.53. The summed E-state index contributed by atoms with van der Waals surface area (Å²) < 4.78 is 0. The Balaban J connectivity index is 1.77. The van der Waals surface area contributed by atoms with E-state index in [9.17, 15) is 9.59 Å². The fraction of sp³-hybridized carbons (Fsp3) is 0.167. The quantitative estimate of drug-likeness (QED) is 0.577. The van der Waals surface area contributed by atoms with Crippen molar-refractivity contribution in [2.24, 2.45) is 0 Å². The van der Waals surface area contributed by atoms with Crippen molar-refractivity contribution in [3.8, 4) is 0 Å². The van der Waals surface area contributed by atoms with E-state index in [2.05, 4.69) is 4.98 Å². The highest BCUT2D eigenvalue weighted by Gasteiger charge is 2.28. The molecule has 6 nitrogen and oxygen atoms in total. The molecule has 3 heterocycles. The standard InChI is InChI=1S/C12H9Cl2N3O3S/c13-6-2-7(15-10(6)14)12(19)17-3-5-1-8(11(18)16-20)21-9(5)4-17/h1-2,15,20H,3-4H2,(H,16,18). The average Bonchev–Trinajstić information content (AvgIpc) is 3.11. The highest BCUT2D eigenvalue weighted by atomic mass is 35.5. The molecule has 0 spiro atoms. The number of nitrogens with zero attached hydrogens (tertiary/aromatic N) is 1. The first-order valence-electron chi connectivity index (χ1n) is 5.89. The van der Waals surface area contributed by atoms with Crippen molar-refractivity contribution < 1.29 is 14.8 Å². The molecule has 1 aliphatic heterocycles. The fourth-order valence-electron chi connectivity index (χ4n) is 2.17. The van der Waals surface area contributed by atoms with Crippen LogP contribution in [0.4, 0.5) is 0 Å². The van der Waals surface area contributed by atoms with E-state index in [0.29, 0.717) is 28.7 Å². The van der Waals surface area contributed by atoms with E-state index in [1.54, 1.807) is 16.4 Å². The number of thiophene rings is 1. The molecule has 0 aromatic carbocycles. The lowest BCUT2D eigenvalue weighted by atomic mass is 10.3. The van der Waals surface area contributed by atoms with Gasteiger partial charge in [0.05, 0.1) is 16.4 Å². The van der Waals surface area contributed by atoms with Crippen LogP contribution in [0.3, 0.4) is 0 Å². The second-order valence-electron chi connectivity index (χ2n) is 4.51. The molecule has 2 aromatic heterocycles. The summed E-state index contributed by atoms with van der Waals surface area (Å²) in [6, 6.07) is 3.16. The van der Waals surface area contributed by atoms with Crippen molar-refractivity contribution in [3.63, 3.8) is 0 Å². The molecule has 0 saturated heterocycles. The molecule has 3 rings (SSSR count). The van der Waals surface area contributed by atoms with E-state index in [0.717, 1.165) is 10.4 Å². The normalized spacial score (nSPS) is 13.4. The molecular weight excluding hydrogens is 337 g/mol. The monoisotopic (exact) mass is 345 g/mol. The van der Waals surface area contributed by atoms with Gasteiger partial charge in [-0.2, -0.15) is 0 Å². The second-order valence-corrected chi connectivity index (χ2v) is 6.43. The molecule has 2 aromatic rings. The van der Waals surface area contributed by atoms with Gasteiger partial charge in [-0.05, 0) is 17.7 Å². The Morgan fingerprint density at radius 2 is 2.10 bits per heavy atom. The summed E-state index contributed by atoms with van der Waals surface area (Å²) >= 11 is 12.9. The molecule has 0 unspecified atom stereocenters. The van der Waals surface area contributed by atoms with Crippen molar-refractivity contribution in [2.75, 3.05) is 0 Å². The van der Waals surface area contributed by atoms with Crippen LogP contribution in [0.15, 0.2) is 12.1 Å². The Bertz CT molecular complexity index is 697. The zero-order valence-electron chi connectivity index (χ0n) is 10.4. The van der Waals surface area contributed by atoms with Crippen LogP contribution >= 0.6 is 34.5 Å². The predicted molar refractivity (Wildman–Crippen MR) is 78.0 cm³/mol. The Kier molecular flexibility index (Phi) is 3.66. The number of nitrogens with one attached hydrogen (secondary N) is 2. The molecule has 1 aliphatic rings. The van der Waals surface area contributed by atoms with Gasteiger partial charge in [0.2, 0.25) is 0 Å². The number of H-pyrrole nitrogens is 1. The lowest BCUT2D eigenvalue weighted by Gasteiger charge is -2.14. The van der Waals surface area contributed by atoms with Crippen LogP contribution in [0.2, 0.25) is 10.2 Å². The van der Waals surface area contributed by atoms with E-state index in [1.165, 1.54) is 17.4 Å². The number of rotatable bonds is 2. The number of hydrogen-bond acceptors (Lipinski definition) is 4. The minimum Gasteiger partial charge on any atom is -0.340 e. The maximum Gasteiger partial charge on any atom is 0.284 e. The number of carbonyl (C=O) groups excluding carboxylic acids is 2. The minimum absolute atomic E-state index is 0.208. The van der Waals surface area contributed by atoms with E-state index in [4.69, 9.17) is 28.4 Å². The summed E-state index contributed by atoms with van der Waals surface area (Å²) in [6.45, 7) is 0.809. The van der Waals surface area contributed by atoms with E-state index < -0.39 is 5.91 Å². The van der Waals surface area contributed by atoms with Crippen LogP contribution in [0, 0.1) is 0 Å². The van der Waals surface area contributed by atoms with Gasteiger partial charge < -0.3 is 9.88 Å². The van der Waals surface area contributed by atoms with E-state index in [-0.39, 0.29) is 11.1 Å². The zero-order valence-corrected chi connectivity index (χ0v) is 12.8. The van der Waals surface area contributed by atoms with Crippen LogP contribution < -0.4 is 5.48 Å². The SMILES string of the molecule is O=C(NO)c1cc2c(s1)CN(C(=O)c1cc(Cl)c(Cl)[nH]1)C2. The summed E-state index contributed by atoms with van der Waals surface area (Å²) in [6.07, 6.45) is 0. The van der Waals surface area contributed by atoms with Gasteiger partial charge in [0, 0.05) is 11.4 Å². The Hall–Kier alpha value is -1.54. The fourth-order valence-corrected chi connectivity index (χ4v) is 3.56. The first-order valence-corrected chi connectivity index (χ1v) is 7.46. The highest BCUT2D eigenvalue weighted by Crippen LogP contribution is 2.32. The maximum atomic E-state index is 12.3. The van der Waals surface area contributed by atoms with E-state index >= 15 is 0 Å². The van der Waals surface area contributed by atoms with Crippen LogP contribution in [-0.2, 0) is 13.1 Å². The number of halogens is 2. The third-order valence-electron chi connectivity index (χ3n) is 3.16. The number of aromatic amines is 1. The van der Waals surface area contributed by atoms with Crippen molar-refractivity contribution in [2.45, 2.75) is 13.1 Å². The largest absolute Gasteiger partial charge is 0.340 e. The van der Waals surface area contributed by atoms with Gasteiger partial charge in [-0.15, -0.1) is 11.3 Å². The van der Waals surface area contributed by atoms with Gasteiger partial charge in [0.1, 0.15) is 10.8 Å². The first kappa shape index (κ1) is 14.4. The number of aromatic nitrogens is 1. The van der Waals surface area contributed by atoms with Gasteiger partial charge in [0.15, 0.2) is 0 Å². The molecule has 0 aliphatic carbocycles. The molecular formula is C12H9Cl2N3O3S. The lowest BCUT2D eigenvalue weighted by Crippen LogP contribution is -2.25. The molecule has 2 amide bonds. The van der Waals surface area contributed by atoms with Gasteiger partial charge in [0.25, 0.3) is 11.8 Å². The lowest BCUT2D eigenvalue weighted by molar-refractivity contribution is 0.0711. The van der Waals surface area contributed by atoms with Gasteiger partial charge in [-0.1, -0.05) is 23.2 Å². The Labute approximate surface area is 133 Å². The molecule has 9 heteroatoms. The van der Waals surface area contributed by atoms with Crippen LogP contribution in [0.25, 0.3) is 0 Å². The van der Waals surface area contributed by atoms with Crippen molar-refractivity contribution in [1.82, 2.24) is 15.4 Å². The number of amides is 2. The summed E-state index contributed by atoms with van der Waals surface area (Å²) in [5, 5.41) is 9.14. The highest BCUT2D eigenvalue weighted by molar-refractivity contribution is 7.14. The average molecular weight is 346 g/mol. The summed E-state index contributed by atoms with van der Waals surface area (Å²) in [4.78, 5) is 29.3. The third-order valence-corrected chi connectivity index (χ3v) is 5.01. The van der Waals surface area contributed by atoms with Crippen molar-refractivity contribution in [1.29, 1.82) is 0 Å². The summed E-state index contributed by atoms with van der Waals surface area (Å²) in [5.74, 6) is -0.754. The molecule has 0 bridgehead atoms. The molecule has 110 valence electrons.